The van der Waals surface area contributed by atoms with E-state index in [1.807, 2.05) is 0 Å². The molecule has 7 heteroatoms. The maximum atomic E-state index is 11.9. The van der Waals surface area contributed by atoms with Crippen LogP contribution >= 0.6 is 0 Å². The fourth-order valence-electron chi connectivity index (χ4n) is 1.18. The van der Waals surface area contributed by atoms with E-state index in [-0.39, 0.29) is 10.7 Å². The molecule has 0 aromatic carbocycles. The van der Waals surface area contributed by atoms with Gasteiger partial charge >= 0.3 is 0 Å². The molecule has 3 N–H and O–H groups in total. The van der Waals surface area contributed by atoms with Crippen molar-refractivity contribution in [3.05, 3.63) is 6.20 Å². The van der Waals surface area contributed by atoms with Gasteiger partial charge in [0.25, 0.3) is 0 Å². The Morgan fingerprint density at radius 3 is 2.75 bits per heavy atom. The van der Waals surface area contributed by atoms with Crippen molar-refractivity contribution in [1.82, 2.24) is 14.5 Å². The molecule has 1 rings (SSSR count). The molecule has 0 aliphatic rings. The zero-order valence-electron chi connectivity index (χ0n) is 9.14. The van der Waals surface area contributed by atoms with Crippen LogP contribution in [0.4, 0.5) is 5.82 Å². The minimum absolute atomic E-state index is 0.0399. The van der Waals surface area contributed by atoms with Gasteiger partial charge in [0.1, 0.15) is 4.90 Å². The van der Waals surface area contributed by atoms with Crippen LogP contribution in [0, 0.1) is 12.3 Å². The summed E-state index contributed by atoms with van der Waals surface area (Å²) in [4.78, 5) is -0.0521. The number of nitrogens with zero attached hydrogens (tertiary/aromatic N) is 2. The first kappa shape index (κ1) is 12.5. The van der Waals surface area contributed by atoms with Gasteiger partial charge in [-0.15, -0.1) is 6.42 Å². The van der Waals surface area contributed by atoms with Crippen molar-refractivity contribution in [2.75, 3.05) is 5.73 Å². The molecule has 0 aliphatic heterocycles. The van der Waals surface area contributed by atoms with Crippen LogP contribution in [-0.4, -0.2) is 24.2 Å². The number of aryl methyl sites for hydroxylation is 1. The highest BCUT2D eigenvalue weighted by atomic mass is 32.2. The molecule has 0 spiro atoms. The number of nitrogen functional groups attached to an aromatic ring is 1. The predicted molar refractivity (Wildman–Crippen MR) is 60.9 cm³/mol. The van der Waals surface area contributed by atoms with Crippen molar-refractivity contribution >= 4 is 15.8 Å². The average Bonchev–Trinajstić information content (AvgIpc) is 2.55. The second-order valence-corrected chi connectivity index (χ2v) is 4.98. The van der Waals surface area contributed by atoms with Gasteiger partial charge in [-0.1, -0.05) is 12.8 Å². The third-order valence-corrected chi connectivity index (χ3v) is 3.51. The van der Waals surface area contributed by atoms with Crippen molar-refractivity contribution in [3.63, 3.8) is 0 Å². The lowest BCUT2D eigenvalue weighted by molar-refractivity contribution is 0.570. The van der Waals surface area contributed by atoms with Crippen molar-refractivity contribution in [2.45, 2.75) is 24.3 Å². The van der Waals surface area contributed by atoms with Crippen LogP contribution in [0.15, 0.2) is 11.1 Å². The number of sulfonamides is 1. The molecule has 1 aromatic heterocycles. The fourth-order valence-corrected chi connectivity index (χ4v) is 2.52. The van der Waals surface area contributed by atoms with E-state index in [1.54, 1.807) is 14.0 Å². The number of terminal acetylenes is 1. The van der Waals surface area contributed by atoms with Crippen molar-refractivity contribution in [3.8, 4) is 12.3 Å². The van der Waals surface area contributed by atoms with E-state index >= 15 is 0 Å². The average molecular weight is 242 g/mol. The summed E-state index contributed by atoms with van der Waals surface area (Å²) in [6, 6.07) is -0.537. The van der Waals surface area contributed by atoms with E-state index in [2.05, 4.69) is 15.7 Å². The van der Waals surface area contributed by atoms with Crippen LogP contribution < -0.4 is 10.5 Å². The Balaban J connectivity index is 3.04. The summed E-state index contributed by atoms with van der Waals surface area (Å²) in [7, 11) is -2.10. The van der Waals surface area contributed by atoms with Gasteiger partial charge in [0.05, 0.1) is 6.04 Å². The highest BCUT2D eigenvalue weighted by molar-refractivity contribution is 7.89. The van der Waals surface area contributed by atoms with Crippen LogP contribution in [0.2, 0.25) is 0 Å². The summed E-state index contributed by atoms with van der Waals surface area (Å²) in [5.41, 5.74) is 5.48. The molecule has 0 amide bonds. The standard InChI is InChI=1S/C9H14N4O2S/c1-4-7(5-2)12-16(14,15)8-6-13(3)11-9(8)10/h1,6-7,12H,5H2,2-3H3,(H2,10,11). The number of nitrogens with one attached hydrogen (secondary N) is 1. The van der Waals surface area contributed by atoms with Crippen LogP contribution in [-0.2, 0) is 17.1 Å². The summed E-state index contributed by atoms with van der Waals surface area (Å²) in [6.45, 7) is 1.79. The topological polar surface area (TPSA) is 90.0 Å². The molecule has 0 aliphatic carbocycles. The highest BCUT2D eigenvalue weighted by Gasteiger charge is 2.22. The predicted octanol–water partition coefficient (Wildman–Crippen LogP) is -0.308. The molecule has 1 heterocycles. The first-order valence-corrected chi connectivity index (χ1v) is 6.16. The molecule has 0 fully saturated rings. The summed E-state index contributed by atoms with van der Waals surface area (Å²) in [5.74, 6) is 2.31. The molecule has 0 bridgehead atoms. The number of hydrogen-bond acceptors (Lipinski definition) is 4. The van der Waals surface area contributed by atoms with Crippen LogP contribution in [0.1, 0.15) is 13.3 Å². The smallest absolute Gasteiger partial charge is 0.246 e. The van der Waals surface area contributed by atoms with E-state index in [0.29, 0.717) is 6.42 Å². The molecule has 1 aromatic rings. The summed E-state index contributed by atoms with van der Waals surface area (Å²) >= 11 is 0. The maximum Gasteiger partial charge on any atom is 0.246 e. The Labute approximate surface area is 94.9 Å². The van der Waals surface area contributed by atoms with Gasteiger partial charge in [-0.05, 0) is 6.42 Å². The van der Waals surface area contributed by atoms with Gasteiger partial charge in [0.15, 0.2) is 5.82 Å². The third kappa shape index (κ3) is 2.53. The quantitative estimate of drug-likeness (QED) is 0.709. The maximum absolute atomic E-state index is 11.9. The lowest BCUT2D eigenvalue weighted by Gasteiger charge is -2.10. The number of anilines is 1. The van der Waals surface area contributed by atoms with Gasteiger partial charge in [-0.2, -0.15) is 9.82 Å². The molecule has 16 heavy (non-hydrogen) atoms. The molecule has 88 valence electrons. The Morgan fingerprint density at radius 1 is 1.75 bits per heavy atom. The van der Waals surface area contributed by atoms with Gasteiger partial charge in [-0.25, -0.2) is 8.42 Å². The first-order valence-electron chi connectivity index (χ1n) is 4.68. The van der Waals surface area contributed by atoms with Crippen molar-refractivity contribution in [1.29, 1.82) is 0 Å². The molecular formula is C9H14N4O2S. The molecule has 0 saturated carbocycles. The zero-order chi connectivity index (χ0) is 12.3. The summed E-state index contributed by atoms with van der Waals surface area (Å²) in [6.07, 6.45) is 7.03. The van der Waals surface area contributed by atoms with Crippen LogP contribution in [0.25, 0.3) is 0 Å². The Morgan fingerprint density at radius 2 is 2.38 bits per heavy atom. The van der Waals surface area contributed by atoms with Gasteiger partial charge in [-0.3, -0.25) is 4.68 Å². The highest BCUT2D eigenvalue weighted by Crippen LogP contribution is 2.15. The monoisotopic (exact) mass is 242 g/mol. The molecule has 6 nitrogen and oxygen atoms in total. The van der Waals surface area contributed by atoms with E-state index in [0.717, 1.165) is 0 Å². The van der Waals surface area contributed by atoms with Gasteiger partial charge in [0.2, 0.25) is 10.0 Å². The third-order valence-electron chi connectivity index (χ3n) is 2.02. The Hall–Kier alpha value is -1.52. The fraction of sp³-hybridized carbons (Fsp3) is 0.444. The second-order valence-electron chi connectivity index (χ2n) is 3.30. The normalized spacial score (nSPS) is 13.3. The Kier molecular flexibility index (Phi) is 3.57. The minimum atomic E-state index is -3.69. The largest absolute Gasteiger partial charge is 0.381 e. The number of aromatic nitrogens is 2. The molecule has 1 atom stereocenters. The number of rotatable bonds is 4. The Bertz CT molecular complexity index is 512. The first-order chi connectivity index (χ1) is 7.40. The van der Waals surface area contributed by atoms with Gasteiger partial charge < -0.3 is 5.73 Å². The van der Waals surface area contributed by atoms with Crippen LogP contribution in [0.5, 0.6) is 0 Å². The van der Waals surface area contributed by atoms with Crippen molar-refractivity contribution < 1.29 is 8.42 Å². The minimum Gasteiger partial charge on any atom is -0.381 e. The van der Waals surface area contributed by atoms with E-state index in [1.165, 1.54) is 10.9 Å². The van der Waals surface area contributed by atoms with Gasteiger partial charge in [0, 0.05) is 13.2 Å². The number of hydrogen-bond donors (Lipinski definition) is 2. The molecular weight excluding hydrogens is 228 g/mol. The van der Waals surface area contributed by atoms with E-state index < -0.39 is 16.1 Å². The molecule has 1 unspecified atom stereocenters. The van der Waals surface area contributed by atoms with E-state index in [4.69, 9.17) is 12.2 Å². The molecule has 0 saturated heterocycles. The second kappa shape index (κ2) is 4.55. The SMILES string of the molecule is C#CC(CC)NS(=O)(=O)c1cn(C)nc1N. The van der Waals surface area contributed by atoms with Crippen molar-refractivity contribution in [2.24, 2.45) is 7.05 Å². The summed E-state index contributed by atoms with van der Waals surface area (Å²) in [5, 5.41) is 3.76. The van der Waals surface area contributed by atoms with E-state index in [9.17, 15) is 8.42 Å². The van der Waals surface area contributed by atoms with Crippen LogP contribution in [0.3, 0.4) is 0 Å². The zero-order valence-corrected chi connectivity index (χ0v) is 9.95. The molecule has 0 radical (unpaired) electrons. The number of nitrogens with two attached hydrogens (primary N) is 1. The summed E-state index contributed by atoms with van der Waals surface area (Å²) < 4.78 is 27.4. The lowest BCUT2D eigenvalue weighted by Crippen LogP contribution is -2.33. The lowest BCUT2D eigenvalue weighted by atomic mass is 10.3.